The first-order valence-corrected chi connectivity index (χ1v) is 5.24. The van der Waals surface area contributed by atoms with Crippen LogP contribution in [0.2, 0.25) is 0 Å². The van der Waals surface area contributed by atoms with E-state index >= 15 is 0 Å². The molecule has 0 amide bonds. The maximum absolute atomic E-state index is 5.73. The van der Waals surface area contributed by atoms with E-state index in [9.17, 15) is 0 Å². The van der Waals surface area contributed by atoms with Crippen LogP contribution in [0.1, 0.15) is 20.3 Å². The van der Waals surface area contributed by atoms with Gasteiger partial charge in [0.1, 0.15) is 6.10 Å². The van der Waals surface area contributed by atoms with Crippen LogP contribution >= 0.6 is 0 Å². The molecule has 2 aliphatic heterocycles. The van der Waals surface area contributed by atoms with Gasteiger partial charge in [-0.3, -0.25) is 0 Å². The van der Waals surface area contributed by atoms with E-state index in [-0.39, 0.29) is 0 Å². The molecular weight excluding hydrogens is 166 g/mol. The van der Waals surface area contributed by atoms with E-state index in [0.29, 0.717) is 18.2 Å². The molecule has 0 aromatic heterocycles. The average Bonchev–Trinajstić information content (AvgIpc) is 2.48. The van der Waals surface area contributed by atoms with E-state index in [1.165, 1.54) is 6.42 Å². The van der Waals surface area contributed by atoms with Crippen LogP contribution in [0.15, 0.2) is 0 Å². The molecule has 3 atom stereocenters. The average molecular weight is 185 g/mol. The highest BCUT2D eigenvalue weighted by Gasteiger charge is 2.39. The Hall–Kier alpha value is -0.120. The third kappa shape index (κ3) is 2.03. The summed E-state index contributed by atoms with van der Waals surface area (Å²) in [5, 5.41) is 3.48. The fourth-order valence-electron chi connectivity index (χ4n) is 2.25. The van der Waals surface area contributed by atoms with Crippen LogP contribution in [0.3, 0.4) is 0 Å². The molecule has 2 heterocycles. The molecule has 0 aromatic rings. The lowest BCUT2D eigenvalue weighted by Gasteiger charge is -2.29. The molecule has 2 fully saturated rings. The fourth-order valence-corrected chi connectivity index (χ4v) is 2.25. The van der Waals surface area contributed by atoms with Crippen molar-refractivity contribution in [3.63, 3.8) is 0 Å². The van der Waals surface area contributed by atoms with Crippen LogP contribution < -0.4 is 5.32 Å². The second-order valence-corrected chi connectivity index (χ2v) is 4.39. The van der Waals surface area contributed by atoms with E-state index in [1.54, 1.807) is 0 Å². The molecule has 13 heavy (non-hydrogen) atoms. The summed E-state index contributed by atoms with van der Waals surface area (Å²) in [5.41, 5.74) is 0. The van der Waals surface area contributed by atoms with Crippen molar-refractivity contribution in [1.29, 1.82) is 0 Å². The highest BCUT2D eigenvalue weighted by molar-refractivity contribution is 4.94. The lowest BCUT2D eigenvalue weighted by molar-refractivity contribution is -0.126. The largest absolute Gasteiger partial charge is 0.372 e. The standard InChI is InChI=1S/C10H19NO2/c1-7(2)5-8-10-9(6-11-8)12-3-4-13-10/h7-11H,3-6H2,1-2H3. The Morgan fingerprint density at radius 2 is 2.08 bits per heavy atom. The molecule has 0 bridgehead atoms. The maximum atomic E-state index is 5.73. The van der Waals surface area contributed by atoms with E-state index in [2.05, 4.69) is 19.2 Å². The van der Waals surface area contributed by atoms with Gasteiger partial charge < -0.3 is 14.8 Å². The monoisotopic (exact) mass is 185 g/mol. The molecule has 3 nitrogen and oxygen atoms in total. The molecule has 0 aliphatic carbocycles. The van der Waals surface area contributed by atoms with Crippen LogP contribution in [-0.2, 0) is 9.47 Å². The van der Waals surface area contributed by atoms with Crippen molar-refractivity contribution in [1.82, 2.24) is 5.32 Å². The number of hydrogen-bond acceptors (Lipinski definition) is 3. The van der Waals surface area contributed by atoms with Gasteiger partial charge in [-0.2, -0.15) is 0 Å². The predicted octanol–water partition coefficient (Wildman–Crippen LogP) is 0.788. The molecule has 1 N–H and O–H groups in total. The minimum absolute atomic E-state index is 0.302. The third-order valence-electron chi connectivity index (χ3n) is 2.80. The summed E-state index contributed by atoms with van der Waals surface area (Å²) in [6, 6.07) is 0.505. The van der Waals surface area contributed by atoms with E-state index < -0.39 is 0 Å². The van der Waals surface area contributed by atoms with Gasteiger partial charge in [0, 0.05) is 12.6 Å². The van der Waals surface area contributed by atoms with Crippen molar-refractivity contribution < 1.29 is 9.47 Å². The van der Waals surface area contributed by atoms with Gasteiger partial charge in [0.15, 0.2) is 0 Å². The molecule has 0 aromatic carbocycles. The summed E-state index contributed by atoms with van der Waals surface area (Å²) in [7, 11) is 0. The Bertz CT molecular complexity index is 172. The summed E-state index contributed by atoms with van der Waals surface area (Å²) in [6.07, 6.45) is 1.79. The van der Waals surface area contributed by atoms with Crippen molar-refractivity contribution in [3.8, 4) is 0 Å². The van der Waals surface area contributed by atoms with Gasteiger partial charge in [0.25, 0.3) is 0 Å². The van der Waals surface area contributed by atoms with Crippen molar-refractivity contribution in [2.45, 2.75) is 38.5 Å². The number of nitrogens with one attached hydrogen (secondary N) is 1. The van der Waals surface area contributed by atoms with Crippen LogP contribution in [0.4, 0.5) is 0 Å². The van der Waals surface area contributed by atoms with Crippen molar-refractivity contribution in [3.05, 3.63) is 0 Å². The first kappa shape index (κ1) is 9.44. The molecule has 0 radical (unpaired) electrons. The Balaban J connectivity index is 1.91. The topological polar surface area (TPSA) is 30.5 Å². The molecule has 2 aliphatic rings. The molecule has 2 rings (SSSR count). The maximum Gasteiger partial charge on any atom is 0.100 e. The van der Waals surface area contributed by atoms with Gasteiger partial charge in [0.2, 0.25) is 0 Å². The molecule has 2 saturated heterocycles. The van der Waals surface area contributed by atoms with Crippen molar-refractivity contribution >= 4 is 0 Å². The minimum Gasteiger partial charge on any atom is -0.372 e. The zero-order valence-corrected chi connectivity index (χ0v) is 8.45. The van der Waals surface area contributed by atoms with Crippen LogP contribution in [-0.4, -0.2) is 38.0 Å². The molecule has 76 valence electrons. The SMILES string of the molecule is CC(C)CC1NCC2OCCOC12. The lowest BCUT2D eigenvalue weighted by Crippen LogP contribution is -2.42. The quantitative estimate of drug-likeness (QED) is 0.690. The Labute approximate surface area is 79.8 Å². The zero-order valence-electron chi connectivity index (χ0n) is 8.45. The summed E-state index contributed by atoms with van der Waals surface area (Å²) in [5.74, 6) is 0.724. The highest BCUT2D eigenvalue weighted by Crippen LogP contribution is 2.23. The van der Waals surface area contributed by atoms with Gasteiger partial charge in [-0.1, -0.05) is 13.8 Å². The number of hydrogen-bond donors (Lipinski definition) is 1. The summed E-state index contributed by atoms with van der Waals surface area (Å²) < 4.78 is 11.4. The van der Waals surface area contributed by atoms with Crippen molar-refractivity contribution in [2.24, 2.45) is 5.92 Å². The number of ether oxygens (including phenoxy) is 2. The summed E-state index contributed by atoms with van der Waals surface area (Å²) >= 11 is 0. The second kappa shape index (κ2) is 3.95. The molecular formula is C10H19NO2. The lowest BCUT2D eigenvalue weighted by atomic mass is 9.99. The van der Waals surface area contributed by atoms with Gasteiger partial charge in [-0.15, -0.1) is 0 Å². The summed E-state index contributed by atoms with van der Waals surface area (Å²) in [6.45, 7) is 6.98. The first-order chi connectivity index (χ1) is 6.27. The van der Waals surface area contributed by atoms with Gasteiger partial charge in [-0.25, -0.2) is 0 Å². The first-order valence-electron chi connectivity index (χ1n) is 5.24. The Kier molecular flexibility index (Phi) is 2.86. The Morgan fingerprint density at radius 3 is 2.85 bits per heavy atom. The number of rotatable bonds is 2. The molecule has 0 spiro atoms. The van der Waals surface area contributed by atoms with E-state index in [1.807, 2.05) is 0 Å². The van der Waals surface area contributed by atoms with Gasteiger partial charge >= 0.3 is 0 Å². The predicted molar refractivity (Wildman–Crippen MR) is 50.7 cm³/mol. The zero-order chi connectivity index (χ0) is 9.26. The van der Waals surface area contributed by atoms with E-state index in [0.717, 1.165) is 25.7 Å². The van der Waals surface area contributed by atoms with Crippen molar-refractivity contribution in [2.75, 3.05) is 19.8 Å². The fraction of sp³-hybridized carbons (Fsp3) is 1.00. The van der Waals surface area contributed by atoms with Gasteiger partial charge in [-0.05, 0) is 12.3 Å². The highest BCUT2D eigenvalue weighted by atomic mass is 16.6. The van der Waals surface area contributed by atoms with Crippen LogP contribution in [0.25, 0.3) is 0 Å². The van der Waals surface area contributed by atoms with Gasteiger partial charge in [0.05, 0.1) is 19.3 Å². The second-order valence-electron chi connectivity index (χ2n) is 4.39. The van der Waals surface area contributed by atoms with Crippen LogP contribution in [0, 0.1) is 5.92 Å². The normalized spacial score (nSPS) is 39.5. The number of fused-ring (bicyclic) bond motifs is 1. The minimum atomic E-state index is 0.302. The Morgan fingerprint density at radius 1 is 1.31 bits per heavy atom. The third-order valence-corrected chi connectivity index (χ3v) is 2.80. The molecule has 3 heteroatoms. The summed E-state index contributed by atoms with van der Waals surface area (Å²) in [4.78, 5) is 0. The van der Waals surface area contributed by atoms with E-state index in [4.69, 9.17) is 9.47 Å². The van der Waals surface area contributed by atoms with Crippen LogP contribution in [0.5, 0.6) is 0 Å². The molecule has 0 saturated carbocycles. The molecule has 3 unspecified atom stereocenters. The smallest absolute Gasteiger partial charge is 0.100 e.